The standard InChI is InChI=1S/C27H30BrN3O/c1-4-20(5-2)14-27-30-25-12-11-24(32-18-23-10-9-19(3)16-29-23)15-26(25)31(27)17-21-7-6-8-22(28)13-21/h6-13,15-16,20H,4-5,14,17-18H2,1-3H3. The zero-order valence-corrected chi connectivity index (χ0v) is 20.6. The van der Waals surface area contributed by atoms with E-state index in [1.807, 2.05) is 25.3 Å². The molecule has 32 heavy (non-hydrogen) atoms. The summed E-state index contributed by atoms with van der Waals surface area (Å²) < 4.78 is 9.53. The molecule has 0 radical (unpaired) electrons. The van der Waals surface area contributed by atoms with Gasteiger partial charge in [-0.3, -0.25) is 4.98 Å². The highest BCUT2D eigenvalue weighted by Crippen LogP contribution is 2.27. The average molecular weight is 492 g/mol. The number of benzene rings is 2. The molecule has 0 amide bonds. The molecular weight excluding hydrogens is 462 g/mol. The number of rotatable bonds is 9. The number of aromatic nitrogens is 3. The van der Waals surface area contributed by atoms with Crippen molar-refractivity contribution < 1.29 is 4.74 Å². The van der Waals surface area contributed by atoms with Crippen LogP contribution in [0, 0.1) is 12.8 Å². The highest BCUT2D eigenvalue weighted by Gasteiger charge is 2.16. The van der Waals surface area contributed by atoms with Gasteiger partial charge < -0.3 is 9.30 Å². The van der Waals surface area contributed by atoms with E-state index in [1.54, 1.807) is 0 Å². The molecule has 166 valence electrons. The van der Waals surface area contributed by atoms with E-state index < -0.39 is 0 Å². The van der Waals surface area contributed by atoms with Crippen LogP contribution in [-0.4, -0.2) is 14.5 Å². The zero-order chi connectivity index (χ0) is 22.5. The molecule has 0 spiro atoms. The molecule has 4 rings (SSSR count). The molecule has 4 nitrogen and oxygen atoms in total. The molecule has 0 bridgehead atoms. The maximum Gasteiger partial charge on any atom is 0.130 e. The van der Waals surface area contributed by atoms with Gasteiger partial charge in [0.15, 0.2) is 0 Å². The lowest BCUT2D eigenvalue weighted by Gasteiger charge is -2.15. The molecule has 0 atom stereocenters. The van der Waals surface area contributed by atoms with E-state index in [2.05, 4.69) is 81.8 Å². The Morgan fingerprint density at radius 2 is 1.88 bits per heavy atom. The fraction of sp³-hybridized carbons (Fsp3) is 0.333. The summed E-state index contributed by atoms with van der Waals surface area (Å²) in [7, 11) is 0. The quantitative estimate of drug-likeness (QED) is 0.250. The van der Waals surface area contributed by atoms with E-state index in [-0.39, 0.29) is 0 Å². The highest BCUT2D eigenvalue weighted by atomic mass is 79.9. The van der Waals surface area contributed by atoms with Crippen LogP contribution in [-0.2, 0) is 19.6 Å². The van der Waals surface area contributed by atoms with Crippen molar-refractivity contribution in [3.05, 3.63) is 87.9 Å². The fourth-order valence-corrected chi connectivity index (χ4v) is 4.42. The van der Waals surface area contributed by atoms with Gasteiger partial charge in [0.05, 0.1) is 16.7 Å². The van der Waals surface area contributed by atoms with Crippen LogP contribution in [0.5, 0.6) is 5.75 Å². The maximum atomic E-state index is 6.09. The first-order valence-corrected chi connectivity index (χ1v) is 12.1. The Morgan fingerprint density at radius 3 is 2.59 bits per heavy atom. The molecule has 0 aliphatic rings. The Bertz CT molecular complexity index is 1180. The van der Waals surface area contributed by atoms with Crippen molar-refractivity contribution in [1.29, 1.82) is 0 Å². The second-order valence-electron chi connectivity index (χ2n) is 8.40. The van der Waals surface area contributed by atoms with E-state index in [4.69, 9.17) is 9.72 Å². The minimum atomic E-state index is 0.451. The summed E-state index contributed by atoms with van der Waals surface area (Å²) >= 11 is 3.61. The summed E-state index contributed by atoms with van der Waals surface area (Å²) in [6.07, 6.45) is 5.18. The highest BCUT2D eigenvalue weighted by molar-refractivity contribution is 9.10. The minimum absolute atomic E-state index is 0.451. The van der Waals surface area contributed by atoms with Crippen LogP contribution in [0.25, 0.3) is 11.0 Å². The third-order valence-corrected chi connectivity index (χ3v) is 6.51. The first kappa shape index (κ1) is 22.5. The number of hydrogen-bond donors (Lipinski definition) is 0. The summed E-state index contributed by atoms with van der Waals surface area (Å²) in [5.41, 5.74) is 5.45. The molecule has 0 aliphatic heterocycles. The van der Waals surface area contributed by atoms with Gasteiger partial charge in [-0.05, 0) is 54.3 Å². The topological polar surface area (TPSA) is 39.9 Å². The monoisotopic (exact) mass is 491 g/mol. The number of halogens is 1. The molecule has 0 unspecified atom stereocenters. The van der Waals surface area contributed by atoms with Crippen molar-refractivity contribution in [2.45, 2.75) is 53.2 Å². The zero-order valence-electron chi connectivity index (χ0n) is 19.0. The first-order chi connectivity index (χ1) is 15.6. The molecule has 0 saturated heterocycles. The van der Waals surface area contributed by atoms with E-state index >= 15 is 0 Å². The minimum Gasteiger partial charge on any atom is -0.487 e. The van der Waals surface area contributed by atoms with Gasteiger partial charge in [-0.1, -0.05) is 60.8 Å². The first-order valence-electron chi connectivity index (χ1n) is 11.3. The van der Waals surface area contributed by atoms with Crippen molar-refractivity contribution in [1.82, 2.24) is 14.5 Å². The van der Waals surface area contributed by atoms with Gasteiger partial charge in [-0.25, -0.2) is 4.98 Å². The van der Waals surface area contributed by atoms with Crippen LogP contribution >= 0.6 is 15.9 Å². The van der Waals surface area contributed by atoms with Crippen molar-refractivity contribution >= 4 is 27.0 Å². The lowest BCUT2D eigenvalue weighted by Crippen LogP contribution is -2.10. The summed E-state index contributed by atoms with van der Waals surface area (Å²) in [5, 5.41) is 0. The fourth-order valence-electron chi connectivity index (χ4n) is 3.97. The molecular formula is C27H30BrN3O. The molecule has 5 heteroatoms. The van der Waals surface area contributed by atoms with Crippen molar-refractivity contribution in [2.24, 2.45) is 5.92 Å². The van der Waals surface area contributed by atoms with Gasteiger partial charge in [0.2, 0.25) is 0 Å². The van der Waals surface area contributed by atoms with E-state index in [9.17, 15) is 0 Å². The Morgan fingerprint density at radius 1 is 1.03 bits per heavy atom. The lowest BCUT2D eigenvalue weighted by molar-refractivity contribution is 0.301. The Hall–Kier alpha value is -2.66. The van der Waals surface area contributed by atoms with Crippen LogP contribution in [0.15, 0.2) is 65.3 Å². The van der Waals surface area contributed by atoms with Gasteiger partial charge in [0.25, 0.3) is 0 Å². The number of ether oxygens (including phenoxy) is 1. The van der Waals surface area contributed by atoms with Gasteiger partial charge in [0, 0.05) is 29.7 Å². The summed E-state index contributed by atoms with van der Waals surface area (Å²) in [5.74, 6) is 2.62. The number of imidazole rings is 1. The molecule has 2 heterocycles. The smallest absolute Gasteiger partial charge is 0.130 e. The van der Waals surface area contributed by atoms with E-state index in [0.29, 0.717) is 12.5 Å². The Labute approximate surface area is 198 Å². The third kappa shape index (κ3) is 5.39. The van der Waals surface area contributed by atoms with Crippen LogP contribution < -0.4 is 4.74 Å². The molecule has 2 aromatic heterocycles. The average Bonchev–Trinajstić information content (AvgIpc) is 3.13. The molecule has 0 fully saturated rings. The molecule has 2 aromatic carbocycles. The lowest BCUT2D eigenvalue weighted by atomic mass is 9.99. The number of nitrogens with zero attached hydrogens (tertiary/aromatic N) is 3. The maximum absolute atomic E-state index is 6.09. The third-order valence-electron chi connectivity index (χ3n) is 6.01. The van der Waals surface area contributed by atoms with Crippen molar-refractivity contribution in [3.8, 4) is 5.75 Å². The summed E-state index contributed by atoms with van der Waals surface area (Å²) in [4.78, 5) is 9.47. The Balaban J connectivity index is 1.66. The number of fused-ring (bicyclic) bond motifs is 1. The predicted molar refractivity (Wildman–Crippen MR) is 134 cm³/mol. The second kappa shape index (κ2) is 10.3. The van der Waals surface area contributed by atoms with Gasteiger partial charge in [-0.2, -0.15) is 0 Å². The van der Waals surface area contributed by atoms with Crippen LogP contribution in [0.3, 0.4) is 0 Å². The predicted octanol–water partition coefficient (Wildman–Crippen LogP) is 7.11. The summed E-state index contributed by atoms with van der Waals surface area (Å²) in [6, 6.07) is 18.8. The molecule has 4 aromatic rings. The Kier molecular flexibility index (Phi) is 7.26. The van der Waals surface area contributed by atoms with Crippen molar-refractivity contribution in [3.63, 3.8) is 0 Å². The molecule has 0 N–H and O–H groups in total. The van der Waals surface area contributed by atoms with Crippen LogP contribution in [0.4, 0.5) is 0 Å². The number of hydrogen-bond acceptors (Lipinski definition) is 3. The molecule has 0 aliphatic carbocycles. The molecule has 0 saturated carbocycles. The normalized spacial score (nSPS) is 11.4. The largest absolute Gasteiger partial charge is 0.487 e. The second-order valence-corrected chi connectivity index (χ2v) is 9.31. The van der Waals surface area contributed by atoms with E-state index in [0.717, 1.165) is 64.1 Å². The number of aryl methyl sites for hydroxylation is 1. The van der Waals surface area contributed by atoms with E-state index in [1.165, 1.54) is 5.56 Å². The van der Waals surface area contributed by atoms with Gasteiger partial charge >= 0.3 is 0 Å². The number of pyridine rings is 1. The SMILES string of the molecule is CCC(CC)Cc1nc2ccc(OCc3ccc(C)cn3)cc2n1Cc1cccc(Br)c1. The van der Waals surface area contributed by atoms with Crippen LogP contribution in [0.2, 0.25) is 0 Å². The van der Waals surface area contributed by atoms with Gasteiger partial charge in [0.1, 0.15) is 18.2 Å². The van der Waals surface area contributed by atoms with Crippen LogP contribution in [0.1, 0.15) is 49.3 Å². The van der Waals surface area contributed by atoms with Gasteiger partial charge in [-0.15, -0.1) is 0 Å². The summed E-state index contributed by atoms with van der Waals surface area (Å²) in [6.45, 7) is 7.80. The van der Waals surface area contributed by atoms with Crippen molar-refractivity contribution in [2.75, 3.05) is 0 Å².